The maximum atomic E-state index is 12.3. The van der Waals surface area contributed by atoms with Gasteiger partial charge in [0.05, 0.1) is 5.92 Å². The highest BCUT2D eigenvalue weighted by molar-refractivity contribution is 5.71. The molecule has 0 aromatic rings. The Hall–Kier alpha value is -1.32. The molecule has 0 bridgehead atoms. The second kappa shape index (κ2) is 11.0. The zero-order valence-electron chi connectivity index (χ0n) is 25.0. The van der Waals surface area contributed by atoms with Gasteiger partial charge >= 0.3 is 11.9 Å². The lowest BCUT2D eigenvalue weighted by atomic mass is 9.46. The van der Waals surface area contributed by atoms with Crippen molar-refractivity contribution in [2.45, 2.75) is 132 Å². The number of hydrogen-bond donors (Lipinski definition) is 0. The third kappa shape index (κ3) is 5.55. The summed E-state index contributed by atoms with van der Waals surface area (Å²) in [5.41, 5.74) is 1.82. The van der Waals surface area contributed by atoms with E-state index in [1.165, 1.54) is 50.5 Å². The van der Waals surface area contributed by atoms with Crippen molar-refractivity contribution >= 4 is 11.9 Å². The lowest BCUT2D eigenvalue weighted by Crippen LogP contribution is -2.55. The highest BCUT2D eigenvalue weighted by Gasteiger charge is 2.62. The average Bonchev–Trinajstić information content (AvgIpc) is 3.16. The molecular formula is C33H54O4. The Labute approximate surface area is 226 Å². The van der Waals surface area contributed by atoms with Crippen molar-refractivity contribution in [3.63, 3.8) is 0 Å². The predicted molar refractivity (Wildman–Crippen MR) is 149 cm³/mol. The van der Waals surface area contributed by atoms with Crippen LogP contribution in [0.15, 0.2) is 11.6 Å². The summed E-state index contributed by atoms with van der Waals surface area (Å²) in [7, 11) is 0. The Bertz CT molecular complexity index is 874. The first-order chi connectivity index (χ1) is 17.4. The van der Waals surface area contributed by atoms with E-state index in [4.69, 9.17) is 9.47 Å². The van der Waals surface area contributed by atoms with Crippen LogP contribution in [0.5, 0.6) is 0 Å². The molecule has 0 N–H and O–H groups in total. The molecule has 4 aliphatic rings. The van der Waals surface area contributed by atoms with Crippen LogP contribution in [0.25, 0.3) is 0 Å². The molecule has 0 saturated heterocycles. The first-order valence-corrected chi connectivity index (χ1v) is 15.5. The van der Waals surface area contributed by atoms with Crippen LogP contribution in [-0.4, -0.2) is 24.1 Å². The first-order valence-electron chi connectivity index (χ1n) is 15.5. The summed E-state index contributed by atoms with van der Waals surface area (Å²) in [6.45, 7) is 17.6. The average molecular weight is 515 g/mol. The van der Waals surface area contributed by atoms with Gasteiger partial charge < -0.3 is 9.47 Å². The van der Waals surface area contributed by atoms with E-state index < -0.39 is 0 Å². The topological polar surface area (TPSA) is 52.6 Å². The van der Waals surface area contributed by atoms with Gasteiger partial charge in [0.1, 0.15) is 12.2 Å². The van der Waals surface area contributed by atoms with Gasteiger partial charge in [-0.25, -0.2) is 0 Å². The molecule has 0 spiro atoms. The third-order valence-corrected chi connectivity index (χ3v) is 11.3. The molecule has 0 aromatic heterocycles. The van der Waals surface area contributed by atoms with Crippen LogP contribution in [0.4, 0.5) is 0 Å². The molecule has 0 heterocycles. The Morgan fingerprint density at radius 2 is 1.68 bits per heavy atom. The third-order valence-electron chi connectivity index (χ3n) is 11.3. The van der Waals surface area contributed by atoms with Crippen LogP contribution in [0.3, 0.4) is 0 Å². The number of fused-ring (bicyclic) bond motifs is 5. The molecule has 0 aromatic carbocycles. The number of ether oxygens (including phenoxy) is 2. The van der Waals surface area contributed by atoms with Gasteiger partial charge in [-0.05, 0) is 85.0 Å². The first kappa shape index (κ1) is 28.7. The van der Waals surface area contributed by atoms with Crippen molar-refractivity contribution in [2.24, 2.45) is 52.3 Å². The van der Waals surface area contributed by atoms with Gasteiger partial charge in [0.25, 0.3) is 0 Å². The summed E-state index contributed by atoms with van der Waals surface area (Å²) >= 11 is 0. The number of rotatable bonds is 8. The van der Waals surface area contributed by atoms with E-state index >= 15 is 0 Å². The fourth-order valence-corrected chi connectivity index (χ4v) is 9.32. The molecule has 0 aliphatic heterocycles. The monoisotopic (exact) mass is 514 g/mol. The molecule has 210 valence electrons. The zero-order chi connectivity index (χ0) is 27.1. The molecule has 0 radical (unpaired) electrons. The quantitative estimate of drug-likeness (QED) is 0.242. The summed E-state index contributed by atoms with van der Waals surface area (Å²) in [5.74, 6) is 3.48. The summed E-state index contributed by atoms with van der Waals surface area (Å²) in [5, 5.41) is 0. The van der Waals surface area contributed by atoms with Crippen molar-refractivity contribution < 1.29 is 19.1 Å². The Kier molecular flexibility index (Phi) is 8.56. The number of hydrogen-bond acceptors (Lipinski definition) is 4. The largest absolute Gasteiger partial charge is 0.462 e. The Balaban J connectivity index is 1.58. The van der Waals surface area contributed by atoms with E-state index in [1.807, 2.05) is 13.8 Å². The van der Waals surface area contributed by atoms with Gasteiger partial charge in [0, 0.05) is 19.3 Å². The Morgan fingerprint density at radius 3 is 2.32 bits per heavy atom. The van der Waals surface area contributed by atoms with Gasteiger partial charge in [-0.2, -0.15) is 0 Å². The van der Waals surface area contributed by atoms with E-state index in [9.17, 15) is 9.59 Å². The molecule has 37 heavy (non-hydrogen) atoms. The van der Waals surface area contributed by atoms with E-state index in [1.54, 1.807) is 6.92 Å². The second-order valence-corrected chi connectivity index (χ2v) is 14.5. The van der Waals surface area contributed by atoms with Crippen molar-refractivity contribution in [3.05, 3.63) is 11.6 Å². The Morgan fingerprint density at radius 1 is 0.946 bits per heavy atom. The maximum Gasteiger partial charge on any atom is 0.308 e. The molecule has 3 fully saturated rings. The maximum absolute atomic E-state index is 12.3. The molecule has 4 rings (SSSR count). The van der Waals surface area contributed by atoms with Crippen LogP contribution in [0.1, 0.15) is 120 Å². The van der Waals surface area contributed by atoms with Gasteiger partial charge in [0.15, 0.2) is 0 Å². The molecule has 0 amide bonds. The fraction of sp³-hybridized carbons (Fsp3) is 0.879. The lowest BCUT2D eigenvalue weighted by Gasteiger charge is -2.59. The van der Waals surface area contributed by atoms with E-state index in [0.29, 0.717) is 23.2 Å². The summed E-state index contributed by atoms with van der Waals surface area (Å²) < 4.78 is 12.0. The SMILES string of the molecule is CC(=O)OC1C=C2CC(OC(=O)C(C)C)CCC2(C)C2CCC3(C)C(C(C)CCCC(C)C)CCC3C12. The molecule has 3 saturated carbocycles. The van der Waals surface area contributed by atoms with Gasteiger partial charge in [0.2, 0.25) is 0 Å². The molecular weight excluding hydrogens is 460 g/mol. The van der Waals surface area contributed by atoms with Crippen LogP contribution in [-0.2, 0) is 19.1 Å². The molecule has 4 aliphatic carbocycles. The predicted octanol–water partition coefficient (Wildman–Crippen LogP) is 8.14. The van der Waals surface area contributed by atoms with Crippen LogP contribution in [0, 0.1) is 52.3 Å². The summed E-state index contributed by atoms with van der Waals surface area (Å²) in [4.78, 5) is 24.6. The van der Waals surface area contributed by atoms with Crippen molar-refractivity contribution in [3.8, 4) is 0 Å². The molecule has 9 atom stereocenters. The van der Waals surface area contributed by atoms with Crippen LogP contribution in [0.2, 0.25) is 0 Å². The van der Waals surface area contributed by atoms with Crippen molar-refractivity contribution in [2.75, 3.05) is 0 Å². The van der Waals surface area contributed by atoms with Crippen LogP contribution < -0.4 is 0 Å². The normalized spacial score (nSPS) is 39.9. The van der Waals surface area contributed by atoms with Crippen LogP contribution >= 0.6 is 0 Å². The number of esters is 2. The standard InChI is InChI=1S/C33H54O4/c1-20(2)10-9-11-22(5)26-12-13-27-30-28(15-17-33(26,27)8)32(7)16-14-25(37-31(35)21(3)4)18-24(32)19-29(30)36-23(6)34/h19-22,25-30H,9-18H2,1-8H3. The van der Waals surface area contributed by atoms with E-state index in [2.05, 4.69) is 40.7 Å². The summed E-state index contributed by atoms with van der Waals surface area (Å²) in [6.07, 6.45) is 14.0. The minimum absolute atomic E-state index is 0.0554. The number of carbonyl (C=O) groups excluding carboxylic acids is 2. The highest BCUT2D eigenvalue weighted by atomic mass is 16.5. The van der Waals surface area contributed by atoms with Gasteiger partial charge in [-0.15, -0.1) is 0 Å². The number of carbonyl (C=O) groups is 2. The minimum Gasteiger partial charge on any atom is -0.462 e. The lowest BCUT2D eigenvalue weighted by molar-refractivity contribution is -0.161. The van der Waals surface area contributed by atoms with E-state index in [0.717, 1.165) is 37.0 Å². The molecule has 4 heteroatoms. The highest BCUT2D eigenvalue weighted by Crippen LogP contribution is 2.67. The fourth-order valence-electron chi connectivity index (χ4n) is 9.32. The van der Waals surface area contributed by atoms with Crippen molar-refractivity contribution in [1.82, 2.24) is 0 Å². The molecule has 4 nitrogen and oxygen atoms in total. The van der Waals surface area contributed by atoms with Gasteiger partial charge in [-0.3, -0.25) is 9.59 Å². The molecule has 9 unspecified atom stereocenters. The minimum atomic E-state index is -0.174. The smallest absolute Gasteiger partial charge is 0.308 e. The summed E-state index contributed by atoms with van der Waals surface area (Å²) in [6, 6.07) is 0. The second-order valence-electron chi connectivity index (χ2n) is 14.5. The van der Waals surface area contributed by atoms with E-state index in [-0.39, 0.29) is 35.5 Å². The zero-order valence-corrected chi connectivity index (χ0v) is 25.0. The van der Waals surface area contributed by atoms with Gasteiger partial charge in [-0.1, -0.05) is 73.3 Å². The van der Waals surface area contributed by atoms with Crippen molar-refractivity contribution in [1.29, 1.82) is 0 Å².